The van der Waals surface area contributed by atoms with Crippen molar-refractivity contribution >= 4 is 17.3 Å². The first-order chi connectivity index (χ1) is 3.29. The first-order valence-electron chi connectivity index (χ1n) is 2.48. The molecule has 0 aliphatic carbocycles. The number of rotatable bonds is 0. The minimum atomic E-state index is 0.810. The van der Waals surface area contributed by atoms with Gasteiger partial charge in [-0.25, -0.2) is 4.58 Å². The van der Waals surface area contributed by atoms with E-state index in [-0.39, 0.29) is 0 Å². The van der Waals surface area contributed by atoms with Gasteiger partial charge in [0.1, 0.15) is 7.05 Å². The summed E-state index contributed by atoms with van der Waals surface area (Å²) in [6, 6.07) is 0. The second kappa shape index (κ2) is 1.86. The molecule has 0 aromatic rings. The fraction of sp³-hybridized carbons (Fsp3) is 0.800. The van der Waals surface area contributed by atoms with Gasteiger partial charge in [0.05, 0.1) is 5.25 Å². The summed E-state index contributed by atoms with van der Waals surface area (Å²) in [4.78, 5) is 0. The predicted octanol–water partition coefficient (Wildman–Crippen LogP) is 0.792. The van der Waals surface area contributed by atoms with Gasteiger partial charge in [-0.3, -0.25) is 0 Å². The van der Waals surface area contributed by atoms with Crippen LogP contribution in [-0.4, -0.2) is 29.0 Å². The molecule has 2 heteroatoms. The van der Waals surface area contributed by atoms with Gasteiger partial charge in [-0.1, -0.05) is 11.8 Å². The minimum absolute atomic E-state index is 0.810. The molecule has 1 aliphatic heterocycles. The average molecular weight is 116 g/mol. The smallest absolute Gasteiger partial charge is 0.198 e. The second-order valence-electron chi connectivity index (χ2n) is 1.99. The van der Waals surface area contributed by atoms with Crippen LogP contribution in [0.1, 0.15) is 6.92 Å². The number of hydrogen-bond donors (Lipinski definition) is 0. The molecule has 0 fully saturated rings. The van der Waals surface area contributed by atoms with Crippen molar-refractivity contribution in [2.45, 2.75) is 12.2 Å². The first kappa shape index (κ1) is 5.16. The molecule has 0 saturated carbocycles. The summed E-state index contributed by atoms with van der Waals surface area (Å²) in [5, 5.41) is 0.810. The molecule has 0 aromatic carbocycles. The highest BCUT2D eigenvalue weighted by Gasteiger charge is 2.14. The van der Waals surface area contributed by atoms with Gasteiger partial charge in [0.2, 0.25) is 0 Å². The van der Waals surface area contributed by atoms with Crippen molar-refractivity contribution < 1.29 is 4.58 Å². The Morgan fingerprint density at radius 2 is 2.57 bits per heavy atom. The molecule has 0 radical (unpaired) electrons. The van der Waals surface area contributed by atoms with Crippen molar-refractivity contribution in [2.24, 2.45) is 0 Å². The quantitative estimate of drug-likeness (QED) is 0.423. The monoisotopic (exact) mass is 116 g/mol. The van der Waals surface area contributed by atoms with Crippen LogP contribution in [-0.2, 0) is 0 Å². The standard InChI is InChI=1S/C5H10NS/c1-5-3-6(2)4-7-5/h4-5H,3H2,1-2H3/q+1. The molecule has 0 spiro atoms. The Hall–Kier alpha value is 0.0200. The van der Waals surface area contributed by atoms with Crippen molar-refractivity contribution in [1.82, 2.24) is 0 Å². The van der Waals surface area contributed by atoms with E-state index in [0.717, 1.165) is 5.25 Å². The SMILES string of the molecule is CC1C[N+](C)=CS1. The molecule has 0 aromatic heterocycles. The summed E-state index contributed by atoms with van der Waals surface area (Å²) < 4.78 is 2.22. The Balaban J connectivity index is 2.42. The zero-order valence-corrected chi connectivity index (χ0v) is 5.53. The van der Waals surface area contributed by atoms with Crippen molar-refractivity contribution in [3.05, 3.63) is 0 Å². The highest BCUT2D eigenvalue weighted by molar-refractivity contribution is 8.12. The molecule has 1 heterocycles. The Morgan fingerprint density at radius 1 is 1.86 bits per heavy atom. The highest BCUT2D eigenvalue weighted by atomic mass is 32.2. The van der Waals surface area contributed by atoms with Gasteiger partial charge < -0.3 is 0 Å². The van der Waals surface area contributed by atoms with Crippen LogP contribution < -0.4 is 0 Å². The van der Waals surface area contributed by atoms with Crippen molar-refractivity contribution in [3.8, 4) is 0 Å². The van der Waals surface area contributed by atoms with E-state index in [1.807, 2.05) is 11.8 Å². The van der Waals surface area contributed by atoms with E-state index >= 15 is 0 Å². The molecule has 0 saturated heterocycles. The fourth-order valence-electron chi connectivity index (χ4n) is 0.699. The lowest BCUT2D eigenvalue weighted by molar-refractivity contribution is -0.485. The average Bonchev–Trinajstić information content (AvgIpc) is 1.87. The van der Waals surface area contributed by atoms with E-state index in [0.29, 0.717) is 0 Å². The zero-order valence-electron chi connectivity index (χ0n) is 4.72. The van der Waals surface area contributed by atoms with Gasteiger partial charge in [0.15, 0.2) is 12.1 Å². The van der Waals surface area contributed by atoms with Crippen LogP contribution in [0.5, 0.6) is 0 Å². The molecule has 1 aliphatic rings. The third kappa shape index (κ3) is 1.20. The molecular formula is C5H10NS+. The second-order valence-corrected chi connectivity index (χ2v) is 3.28. The Morgan fingerprint density at radius 3 is 2.71 bits per heavy atom. The normalized spacial score (nSPS) is 30.6. The van der Waals surface area contributed by atoms with Crippen LogP contribution >= 0.6 is 11.8 Å². The van der Waals surface area contributed by atoms with Gasteiger partial charge in [-0.15, -0.1) is 0 Å². The molecule has 7 heavy (non-hydrogen) atoms. The summed E-state index contributed by atoms with van der Waals surface area (Å²) in [5.41, 5.74) is 2.17. The number of thioether (sulfide) groups is 1. The van der Waals surface area contributed by atoms with Crippen LogP contribution in [0.2, 0.25) is 0 Å². The molecule has 1 rings (SSSR count). The van der Waals surface area contributed by atoms with Gasteiger partial charge in [0.25, 0.3) is 0 Å². The molecule has 40 valence electrons. The van der Waals surface area contributed by atoms with Crippen molar-refractivity contribution in [2.75, 3.05) is 13.6 Å². The van der Waals surface area contributed by atoms with Crippen molar-refractivity contribution in [1.29, 1.82) is 0 Å². The first-order valence-corrected chi connectivity index (χ1v) is 3.42. The molecule has 1 nitrogen and oxygen atoms in total. The minimum Gasteiger partial charge on any atom is -0.232 e. The number of hydrogen-bond acceptors (Lipinski definition) is 1. The van der Waals surface area contributed by atoms with E-state index in [2.05, 4.69) is 24.1 Å². The Kier molecular flexibility index (Phi) is 1.38. The zero-order chi connectivity index (χ0) is 5.28. The third-order valence-corrected chi connectivity index (χ3v) is 2.11. The Labute approximate surface area is 48.4 Å². The summed E-state index contributed by atoms with van der Waals surface area (Å²) in [6.07, 6.45) is 0. The summed E-state index contributed by atoms with van der Waals surface area (Å²) in [6.45, 7) is 3.45. The summed E-state index contributed by atoms with van der Waals surface area (Å²) in [5.74, 6) is 0. The fourth-order valence-corrected chi connectivity index (χ4v) is 1.52. The molecule has 1 unspecified atom stereocenters. The van der Waals surface area contributed by atoms with E-state index in [4.69, 9.17) is 0 Å². The van der Waals surface area contributed by atoms with Crippen molar-refractivity contribution in [3.63, 3.8) is 0 Å². The van der Waals surface area contributed by atoms with E-state index in [9.17, 15) is 0 Å². The number of nitrogens with zero attached hydrogens (tertiary/aromatic N) is 1. The summed E-state index contributed by atoms with van der Waals surface area (Å²) in [7, 11) is 2.11. The van der Waals surface area contributed by atoms with Crippen LogP contribution in [0.4, 0.5) is 0 Å². The Bertz CT molecular complexity index is 98.3. The predicted molar refractivity (Wildman–Crippen MR) is 34.2 cm³/mol. The lowest BCUT2D eigenvalue weighted by atomic mass is 10.5. The molecule has 1 atom stereocenters. The highest BCUT2D eigenvalue weighted by Crippen LogP contribution is 2.11. The molecular weight excluding hydrogens is 106 g/mol. The van der Waals surface area contributed by atoms with Gasteiger partial charge >= 0.3 is 0 Å². The van der Waals surface area contributed by atoms with Crippen LogP contribution in [0.15, 0.2) is 0 Å². The lowest BCUT2D eigenvalue weighted by Gasteiger charge is -1.88. The topological polar surface area (TPSA) is 3.01 Å². The molecule has 0 bridgehead atoms. The van der Waals surface area contributed by atoms with E-state index in [1.54, 1.807) is 0 Å². The van der Waals surface area contributed by atoms with Gasteiger partial charge in [-0.05, 0) is 6.92 Å². The maximum Gasteiger partial charge on any atom is 0.198 e. The molecule has 0 N–H and O–H groups in total. The largest absolute Gasteiger partial charge is 0.232 e. The lowest BCUT2D eigenvalue weighted by Crippen LogP contribution is -2.07. The van der Waals surface area contributed by atoms with Crippen LogP contribution in [0.25, 0.3) is 0 Å². The summed E-state index contributed by atoms with van der Waals surface area (Å²) >= 11 is 1.91. The van der Waals surface area contributed by atoms with Gasteiger partial charge in [0, 0.05) is 0 Å². The van der Waals surface area contributed by atoms with Crippen LogP contribution in [0.3, 0.4) is 0 Å². The maximum absolute atomic E-state index is 2.24. The maximum atomic E-state index is 2.24. The van der Waals surface area contributed by atoms with E-state index in [1.165, 1.54) is 6.54 Å². The third-order valence-electron chi connectivity index (χ3n) is 1.02. The van der Waals surface area contributed by atoms with Crippen LogP contribution in [0, 0.1) is 0 Å². The molecule has 0 amide bonds. The van der Waals surface area contributed by atoms with Gasteiger partial charge in [-0.2, -0.15) is 0 Å². The van der Waals surface area contributed by atoms with E-state index < -0.39 is 0 Å².